The fourth-order valence-corrected chi connectivity index (χ4v) is 5.60. The van der Waals surface area contributed by atoms with Crippen LogP contribution in [0.15, 0.2) is 72.9 Å². The predicted molar refractivity (Wildman–Crippen MR) is 126 cm³/mol. The second-order valence-corrected chi connectivity index (χ2v) is 9.09. The maximum absolute atomic E-state index is 6.33. The average molecular weight is 409 g/mol. The number of hydrogen-bond acceptors (Lipinski definition) is 2. The SMILES string of the molecule is Cc1cccc2c1[C@@H](n1cc(C[C@@H]3CCCN3C)c3ccccc31)c1ccccc1O2. The molecule has 0 spiro atoms. The van der Waals surface area contributed by atoms with Crippen LogP contribution in [0.3, 0.4) is 0 Å². The van der Waals surface area contributed by atoms with Gasteiger partial charge in [0.1, 0.15) is 11.5 Å². The number of aromatic nitrogens is 1. The highest BCUT2D eigenvalue weighted by molar-refractivity contribution is 5.85. The zero-order valence-electron chi connectivity index (χ0n) is 18.2. The van der Waals surface area contributed by atoms with Crippen molar-refractivity contribution in [2.75, 3.05) is 13.6 Å². The molecule has 1 saturated heterocycles. The van der Waals surface area contributed by atoms with E-state index in [-0.39, 0.29) is 6.04 Å². The Hall–Kier alpha value is -3.04. The molecule has 2 atom stereocenters. The second kappa shape index (κ2) is 7.28. The number of para-hydroxylation sites is 2. The van der Waals surface area contributed by atoms with E-state index in [1.54, 1.807) is 0 Å². The number of likely N-dealkylation sites (tertiary alicyclic amines) is 1. The monoisotopic (exact) mass is 408 g/mol. The highest BCUT2D eigenvalue weighted by Crippen LogP contribution is 2.47. The Kier molecular flexibility index (Phi) is 4.39. The van der Waals surface area contributed by atoms with Gasteiger partial charge in [0.05, 0.1) is 6.04 Å². The summed E-state index contributed by atoms with van der Waals surface area (Å²) in [5.74, 6) is 1.93. The Labute approximate surface area is 183 Å². The zero-order chi connectivity index (χ0) is 20.9. The third kappa shape index (κ3) is 2.99. The van der Waals surface area contributed by atoms with Gasteiger partial charge < -0.3 is 14.2 Å². The van der Waals surface area contributed by atoms with Crippen molar-refractivity contribution in [2.45, 2.75) is 38.3 Å². The number of ether oxygens (including phenoxy) is 1. The van der Waals surface area contributed by atoms with Crippen LogP contribution in [-0.4, -0.2) is 29.1 Å². The van der Waals surface area contributed by atoms with Crippen molar-refractivity contribution < 1.29 is 4.74 Å². The molecule has 0 radical (unpaired) electrons. The van der Waals surface area contributed by atoms with E-state index in [1.807, 2.05) is 0 Å². The molecule has 156 valence electrons. The lowest BCUT2D eigenvalue weighted by molar-refractivity contribution is 0.309. The average Bonchev–Trinajstić information content (AvgIpc) is 3.36. The molecular formula is C28H28N2O. The standard InChI is InChI=1S/C28H28N2O/c1-19-9-7-15-26-27(19)28(23-12-4-6-14-25(23)31-26)30-18-20(17-21-10-8-16-29(21)2)22-11-3-5-13-24(22)30/h3-7,9,11-15,18,21,28H,8,10,16-17H2,1-2H3/t21-,28-/m0/s1. The van der Waals surface area contributed by atoms with E-state index >= 15 is 0 Å². The van der Waals surface area contributed by atoms with Gasteiger partial charge in [-0.15, -0.1) is 0 Å². The summed E-state index contributed by atoms with van der Waals surface area (Å²) in [5, 5.41) is 1.38. The van der Waals surface area contributed by atoms with Gasteiger partial charge in [-0.25, -0.2) is 0 Å². The zero-order valence-corrected chi connectivity index (χ0v) is 18.2. The number of nitrogens with zero attached hydrogens (tertiary/aromatic N) is 2. The predicted octanol–water partition coefficient (Wildman–Crippen LogP) is 6.33. The van der Waals surface area contributed by atoms with Crippen LogP contribution in [0, 0.1) is 6.92 Å². The van der Waals surface area contributed by atoms with Crippen molar-refractivity contribution in [3.05, 3.63) is 95.2 Å². The molecule has 3 aromatic carbocycles. The first-order valence-corrected chi connectivity index (χ1v) is 11.4. The van der Waals surface area contributed by atoms with Gasteiger partial charge in [0.15, 0.2) is 0 Å². The molecule has 0 unspecified atom stereocenters. The minimum atomic E-state index is 0.112. The van der Waals surface area contributed by atoms with Gasteiger partial charge in [-0.2, -0.15) is 0 Å². The van der Waals surface area contributed by atoms with Crippen LogP contribution in [-0.2, 0) is 6.42 Å². The molecule has 1 fully saturated rings. The number of fused-ring (bicyclic) bond motifs is 3. The maximum atomic E-state index is 6.33. The first-order chi connectivity index (χ1) is 15.2. The molecule has 3 heterocycles. The first-order valence-electron chi connectivity index (χ1n) is 11.4. The molecule has 0 saturated carbocycles. The van der Waals surface area contributed by atoms with Crippen molar-refractivity contribution >= 4 is 10.9 Å². The molecule has 0 bridgehead atoms. The summed E-state index contributed by atoms with van der Waals surface area (Å²) in [6.07, 6.45) is 6.12. The molecule has 6 rings (SSSR count). The van der Waals surface area contributed by atoms with Gasteiger partial charge in [-0.3, -0.25) is 0 Å². The molecule has 1 aromatic heterocycles. The Morgan fingerprint density at radius 1 is 0.935 bits per heavy atom. The second-order valence-electron chi connectivity index (χ2n) is 9.09. The van der Waals surface area contributed by atoms with Crippen molar-refractivity contribution in [3.63, 3.8) is 0 Å². The van der Waals surface area contributed by atoms with Gasteiger partial charge in [0.25, 0.3) is 0 Å². The van der Waals surface area contributed by atoms with Crippen molar-refractivity contribution in [1.29, 1.82) is 0 Å². The number of aryl methyl sites for hydroxylation is 1. The van der Waals surface area contributed by atoms with E-state index in [0.29, 0.717) is 6.04 Å². The molecule has 0 N–H and O–H groups in total. The van der Waals surface area contributed by atoms with Gasteiger partial charge in [0.2, 0.25) is 0 Å². The van der Waals surface area contributed by atoms with E-state index in [9.17, 15) is 0 Å². The van der Waals surface area contributed by atoms with E-state index in [4.69, 9.17) is 4.74 Å². The summed E-state index contributed by atoms with van der Waals surface area (Å²) in [6.45, 7) is 3.41. The molecule has 0 aliphatic carbocycles. The van der Waals surface area contributed by atoms with Crippen LogP contribution in [0.25, 0.3) is 10.9 Å². The van der Waals surface area contributed by atoms with Gasteiger partial charge in [-0.1, -0.05) is 48.5 Å². The summed E-state index contributed by atoms with van der Waals surface area (Å²) < 4.78 is 8.82. The lowest BCUT2D eigenvalue weighted by Gasteiger charge is -2.31. The Balaban J connectivity index is 1.56. The third-order valence-electron chi connectivity index (χ3n) is 7.22. The molecule has 31 heavy (non-hydrogen) atoms. The van der Waals surface area contributed by atoms with Gasteiger partial charge in [-0.05, 0) is 69.1 Å². The Bertz CT molecular complexity index is 1270. The van der Waals surface area contributed by atoms with E-state index in [2.05, 4.69) is 96.4 Å². The van der Waals surface area contributed by atoms with Crippen LogP contribution in [0.4, 0.5) is 0 Å². The molecule has 2 aliphatic rings. The summed E-state index contributed by atoms with van der Waals surface area (Å²) in [4.78, 5) is 2.52. The molecule has 3 heteroatoms. The van der Waals surface area contributed by atoms with Crippen LogP contribution in [0.5, 0.6) is 11.5 Å². The third-order valence-corrected chi connectivity index (χ3v) is 7.22. The number of rotatable bonds is 3. The van der Waals surface area contributed by atoms with Crippen LogP contribution in [0.1, 0.15) is 41.1 Å². The summed E-state index contributed by atoms with van der Waals surface area (Å²) in [7, 11) is 2.27. The molecule has 2 aliphatic heterocycles. The van der Waals surface area contributed by atoms with Crippen LogP contribution < -0.4 is 4.74 Å². The fraction of sp³-hybridized carbons (Fsp3) is 0.286. The smallest absolute Gasteiger partial charge is 0.133 e. The number of benzene rings is 3. The Morgan fingerprint density at radius 2 is 1.74 bits per heavy atom. The normalized spacial score (nSPS) is 20.5. The van der Waals surface area contributed by atoms with E-state index in [0.717, 1.165) is 17.9 Å². The number of hydrogen-bond donors (Lipinski definition) is 0. The summed E-state index contributed by atoms with van der Waals surface area (Å²) in [5.41, 5.74) is 6.52. The maximum Gasteiger partial charge on any atom is 0.133 e. The quantitative estimate of drug-likeness (QED) is 0.347. The highest BCUT2D eigenvalue weighted by Gasteiger charge is 2.31. The van der Waals surface area contributed by atoms with E-state index in [1.165, 1.54) is 52.5 Å². The minimum Gasteiger partial charge on any atom is -0.457 e. The van der Waals surface area contributed by atoms with Crippen LogP contribution in [0.2, 0.25) is 0 Å². The Morgan fingerprint density at radius 3 is 2.61 bits per heavy atom. The van der Waals surface area contributed by atoms with Crippen molar-refractivity contribution in [1.82, 2.24) is 9.47 Å². The molecular weight excluding hydrogens is 380 g/mol. The van der Waals surface area contributed by atoms with Gasteiger partial charge >= 0.3 is 0 Å². The molecule has 0 amide bonds. The topological polar surface area (TPSA) is 17.4 Å². The highest BCUT2D eigenvalue weighted by atomic mass is 16.5. The molecule has 4 aromatic rings. The lowest BCUT2D eigenvalue weighted by atomic mass is 9.91. The number of likely N-dealkylation sites (N-methyl/N-ethyl adjacent to an activating group) is 1. The van der Waals surface area contributed by atoms with E-state index < -0.39 is 0 Å². The fourth-order valence-electron chi connectivity index (χ4n) is 5.60. The summed E-state index contributed by atoms with van der Waals surface area (Å²) >= 11 is 0. The summed E-state index contributed by atoms with van der Waals surface area (Å²) in [6, 6.07) is 24.5. The van der Waals surface area contributed by atoms with Gasteiger partial charge in [0, 0.05) is 34.3 Å². The largest absolute Gasteiger partial charge is 0.457 e. The molecule has 3 nitrogen and oxygen atoms in total. The van der Waals surface area contributed by atoms with Crippen LogP contribution >= 0.6 is 0 Å². The lowest BCUT2D eigenvalue weighted by Crippen LogP contribution is -2.26. The van der Waals surface area contributed by atoms with Crippen molar-refractivity contribution in [3.8, 4) is 11.5 Å². The minimum absolute atomic E-state index is 0.112. The first kappa shape index (κ1) is 18.7. The van der Waals surface area contributed by atoms with Crippen molar-refractivity contribution in [2.24, 2.45) is 0 Å².